The molecule has 0 bridgehead atoms. The summed E-state index contributed by atoms with van der Waals surface area (Å²) >= 11 is 0. The van der Waals surface area contributed by atoms with E-state index in [-0.39, 0.29) is 5.92 Å². The highest BCUT2D eigenvalue weighted by Gasteiger charge is 2.28. The van der Waals surface area contributed by atoms with Gasteiger partial charge in [0, 0.05) is 28.8 Å². The number of hydrogen-bond donors (Lipinski definition) is 1. The number of hydrogen-bond acceptors (Lipinski definition) is 2. The third kappa shape index (κ3) is 2.69. The van der Waals surface area contributed by atoms with Crippen molar-refractivity contribution in [2.45, 2.75) is 5.92 Å². The Morgan fingerprint density at radius 2 is 1.33 bits per heavy atom. The van der Waals surface area contributed by atoms with E-state index in [9.17, 15) is 0 Å². The number of pyridine rings is 1. The summed E-state index contributed by atoms with van der Waals surface area (Å²) in [6, 6.07) is 36.4. The number of anilines is 1. The molecule has 30 heavy (non-hydrogen) atoms. The van der Waals surface area contributed by atoms with Gasteiger partial charge in [0.25, 0.3) is 0 Å². The van der Waals surface area contributed by atoms with Crippen LogP contribution in [0.1, 0.15) is 22.7 Å². The van der Waals surface area contributed by atoms with E-state index in [1.807, 2.05) is 6.07 Å². The molecule has 142 valence electrons. The summed E-state index contributed by atoms with van der Waals surface area (Å²) in [6.07, 6.45) is 2.13. The molecule has 1 N–H and O–H groups in total. The van der Waals surface area contributed by atoms with Gasteiger partial charge in [-0.15, -0.1) is 0 Å². The molecule has 2 heterocycles. The van der Waals surface area contributed by atoms with Crippen LogP contribution in [-0.4, -0.2) is 4.98 Å². The number of nitrogens with zero attached hydrogens (tertiary/aromatic N) is 1. The van der Waals surface area contributed by atoms with Crippen molar-refractivity contribution in [3.63, 3.8) is 0 Å². The van der Waals surface area contributed by atoms with Crippen LogP contribution in [0.15, 0.2) is 109 Å². The first kappa shape index (κ1) is 17.0. The van der Waals surface area contributed by atoms with Gasteiger partial charge >= 0.3 is 0 Å². The molecule has 0 amide bonds. The van der Waals surface area contributed by atoms with Gasteiger partial charge in [-0.1, -0.05) is 84.9 Å². The van der Waals surface area contributed by atoms with E-state index in [1.165, 1.54) is 27.5 Å². The molecule has 0 aliphatic carbocycles. The molecule has 5 aromatic rings. The maximum absolute atomic E-state index is 5.02. The molecule has 0 saturated carbocycles. The SMILES string of the molecule is C1=C(c2ccc3ccccc3n2)C(c2cccc3ccccc23)c2ccccc2N1. The number of benzene rings is 4. The molecule has 2 nitrogen and oxygen atoms in total. The van der Waals surface area contributed by atoms with Crippen LogP contribution in [0.25, 0.3) is 27.2 Å². The number of fused-ring (bicyclic) bond motifs is 3. The Labute approximate surface area is 175 Å². The van der Waals surface area contributed by atoms with Crippen LogP contribution in [0.4, 0.5) is 5.69 Å². The monoisotopic (exact) mass is 384 g/mol. The zero-order valence-corrected chi connectivity index (χ0v) is 16.4. The van der Waals surface area contributed by atoms with Crippen LogP contribution in [0.2, 0.25) is 0 Å². The Morgan fingerprint density at radius 3 is 2.30 bits per heavy atom. The molecular weight excluding hydrogens is 364 g/mol. The van der Waals surface area contributed by atoms with E-state index in [0.717, 1.165) is 22.3 Å². The Bertz CT molecular complexity index is 1430. The molecule has 1 atom stereocenters. The van der Waals surface area contributed by atoms with Crippen LogP contribution in [0.3, 0.4) is 0 Å². The molecule has 0 fully saturated rings. The van der Waals surface area contributed by atoms with Gasteiger partial charge in [0.05, 0.1) is 11.2 Å². The van der Waals surface area contributed by atoms with Crippen molar-refractivity contribution >= 4 is 32.9 Å². The van der Waals surface area contributed by atoms with Gasteiger partial charge in [0.1, 0.15) is 0 Å². The quantitative estimate of drug-likeness (QED) is 0.355. The second-order valence-corrected chi connectivity index (χ2v) is 7.72. The lowest BCUT2D eigenvalue weighted by atomic mass is 9.79. The van der Waals surface area contributed by atoms with Gasteiger partial charge in [-0.3, -0.25) is 0 Å². The summed E-state index contributed by atoms with van der Waals surface area (Å²) in [4.78, 5) is 5.02. The Balaban J connectivity index is 1.61. The van der Waals surface area contributed by atoms with Crippen molar-refractivity contribution in [2.24, 2.45) is 0 Å². The summed E-state index contributed by atoms with van der Waals surface area (Å²) in [7, 11) is 0. The van der Waals surface area contributed by atoms with Crippen molar-refractivity contribution in [1.82, 2.24) is 4.98 Å². The molecule has 4 aromatic carbocycles. The van der Waals surface area contributed by atoms with Crippen molar-refractivity contribution in [3.8, 4) is 0 Å². The largest absolute Gasteiger partial charge is 0.361 e. The summed E-state index contributed by atoms with van der Waals surface area (Å²) < 4.78 is 0. The smallest absolute Gasteiger partial charge is 0.0709 e. The zero-order valence-electron chi connectivity index (χ0n) is 16.4. The van der Waals surface area contributed by atoms with Crippen molar-refractivity contribution < 1.29 is 0 Å². The van der Waals surface area contributed by atoms with Crippen LogP contribution in [0, 0.1) is 0 Å². The fourth-order valence-corrected chi connectivity index (χ4v) is 4.57. The Hall–Kier alpha value is -3.91. The van der Waals surface area contributed by atoms with Crippen molar-refractivity contribution in [2.75, 3.05) is 5.32 Å². The predicted molar refractivity (Wildman–Crippen MR) is 126 cm³/mol. The van der Waals surface area contributed by atoms with E-state index >= 15 is 0 Å². The molecule has 6 rings (SSSR count). The molecule has 0 radical (unpaired) electrons. The molecule has 1 unspecified atom stereocenters. The summed E-state index contributed by atoms with van der Waals surface area (Å²) in [5, 5.41) is 7.21. The minimum atomic E-state index is 0.113. The van der Waals surface area contributed by atoms with E-state index in [0.29, 0.717) is 0 Å². The van der Waals surface area contributed by atoms with Gasteiger partial charge in [-0.2, -0.15) is 0 Å². The van der Waals surface area contributed by atoms with Crippen LogP contribution in [-0.2, 0) is 0 Å². The molecule has 0 spiro atoms. The second-order valence-electron chi connectivity index (χ2n) is 7.72. The van der Waals surface area contributed by atoms with Crippen LogP contribution >= 0.6 is 0 Å². The minimum Gasteiger partial charge on any atom is -0.361 e. The molecule has 1 aliphatic heterocycles. The topological polar surface area (TPSA) is 24.9 Å². The maximum atomic E-state index is 5.02. The van der Waals surface area contributed by atoms with Crippen molar-refractivity contribution in [3.05, 3.63) is 126 Å². The van der Waals surface area contributed by atoms with E-state index in [1.54, 1.807) is 0 Å². The standard InChI is InChI=1S/C28H20N2/c1-3-11-21-19(8-1)10-7-13-22(21)28-23-12-4-6-15-26(23)29-18-24(28)27-17-16-20-9-2-5-14-25(20)30-27/h1-18,28-29H. The highest BCUT2D eigenvalue weighted by atomic mass is 14.9. The summed E-state index contributed by atoms with van der Waals surface area (Å²) in [5.74, 6) is 0.113. The highest BCUT2D eigenvalue weighted by Crippen LogP contribution is 2.45. The van der Waals surface area contributed by atoms with Crippen LogP contribution < -0.4 is 5.32 Å². The van der Waals surface area contributed by atoms with Gasteiger partial charge in [0.2, 0.25) is 0 Å². The highest BCUT2D eigenvalue weighted by molar-refractivity contribution is 5.92. The Morgan fingerprint density at radius 1 is 0.600 bits per heavy atom. The first-order valence-electron chi connectivity index (χ1n) is 10.3. The first-order valence-corrected chi connectivity index (χ1v) is 10.3. The third-order valence-electron chi connectivity index (χ3n) is 5.99. The minimum absolute atomic E-state index is 0.113. The Kier molecular flexibility index (Phi) is 3.88. The van der Waals surface area contributed by atoms with E-state index in [4.69, 9.17) is 4.98 Å². The molecule has 1 aliphatic rings. The number of aromatic nitrogens is 1. The van der Waals surface area contributed by atoms with Gasteiger partial charge in [-0.25, -0.2) is 4.98 Å². The lowest BCUT2D eigenvalue weighted by Crippen LogP contribution is -2.14. The molecule has 0 saturated heterocycles. The number of rotatable bonds is 2. The van der Waals surface area contributed by atoms with Gasteiger partial charge < -0.3 is 5.32 Å². The number of para-hydroxylation sites is 2. The lowest BCUT2D eigenvalue weighted by Gasteiger charge is -2.29. The van der Waals surface area contributed by atoms with Crippen molar-refractivity contribution in [1.29, 1.82) is 0 Å². The van der Waals surface area contributed by atoms with E-state index < -0.39 is 0 Å². The van der Waals surface area contributed by atoms with E-state index in [2.05, 4.69) is 109 Å². The van der Waals surface area contributed by atoms with Crippen LogP contribution in [0.5, 0.6) is 0 Å². The number of allylic oxidation sites excluding steroid dienone is 1. The first-order chi connectivity index (χ1) is 14.9. The average Bonchev–Trinajstić information content (AvgIpc) is 2.83. The predicted octanol–water partition coefficient (Wildman–Crippen LogP) is 6.99. The molecule has 2 heteroatoms. The maximum Gasteiger partial charge on any atom is 0.0709 e. The average molecular weight is 384 g/mol. The lowest BCUT2D eigenvalue weighted by molar-refractivity contribution is 1.03. The van der Waals surface area contributed by atoms with Gasteiger partial charge in [0.15, 0.2) is 0 Å². The summed E-state index contributed by atoms with van der Waals surface area (Å²) in [5.41, 5.74) is 6.96. The normalized spacial score (nSPS) is 15.5. The molecular formula is C28H20N2. The molecule has 1 aromatic heterocycles. The third-order valence-corrected chi connectivity index (χ3v) is 5.99. The zero-order chi connectivity index (χ0) is 19.9. The number of nitrogens with one attached hydrogen (secondary N) is 1. The van der Waals surface area contributed by atoms with Gasteiger partial charge in [-0.05, 0) is 40.1 Å². The second kappa shape index (κ2) is 6.85. The summed E-state index contributed by atoms with van der Waals surface area (Å²) in [6.45, 7) is 0. The fraction of sp³-hybridized carbons (Fsp3) is 0.0357. The fourth-order valence-electron chi connectivity index (χ4n) is 4.57.